The highest BCUT2D eigenvalue weighted by Crippen LogP contribution is 2.38. The van der Waals surface area contributed by atoms with Crippen LogP contribution in [-0.4, -0.2) is 51.5 Å². The summed E-state index contributed by atoms with van der Waals surface area (Å²) < 4.78 is 50.5. The first-order valence-electron chi connectivity index (χ1n) is 11.5. The number of hydrogen-bond acceptors (Lipinski definition) is 8. The van der Waals surface area contributed by atoms with Gasteiger partial charge in [0.05, 0.1) is 30.7 Å². The molecular weight excluding hydrogens is 537 g/mol. The molecule has 0 saturated heterocycles. The van der Waals surface area contributed by atoms with Crippen molar-refractivity contribution in [1.82, 2.24) is 4.90 Å². The Balaban J connectivity index is 1.53. The highest BCUT2D eigenvalue weighted by Gasteiger charge is 2.31. The van der Waals surface area contributed by atoms with Gasteiger partial charge in [0.25, 0.3) is 15.9 Å². The van der Waals surface area contributed by atoms with E-state index in [0.717, 1.165) is 34.7 Å². The van der Waals surface area contributed by atoms with Gasteiger partial charge in [-0.25, -0.2) is 22.4 Å². The number of nitrogens with zero attached hydrogens (tertiary/aromatic N) is 1. The number of hydrogen-bond donors (Lipinski definition) is 2. The van der Waals surface area contributed by atoms with Crippen molar-refractivity contribution in [2.45, 2.75) is 24.8 Å². The normalized spacial score (nSPS) is 12.9. The molecular formula is C25H24FN3O7S2. The van der Waals surface area contributed by atoms with Gasteiger partial charge in [0.2, 0.25) is 0 Å². The Kier molecular flexibility index (Phi) is 7.97. The van der Waals surface area contributed by atoms with E-state index >= 15 is 0 Å². The number of sulfonamides is 1. The molecule has 0 fully saturated rings. The fraction of sp³-hybridized carbons (Fsp3) is 0.240. The average molecular weight is 562 g/mol. The van der Waals surface area contributed by atoms with Crippen LogP contribution >= 0.6 is 11.3 Å². The van der Waals surface area contributed by atoms with Gasteiger partial charge >= 0.3 is 12.1 Å². The topological polar surface area (TPSA) is 131 Å². The number of thiophene rings is 1. The number of methoxy groups -OCH3 is 1. The van der Waals surface area contributed by atoms with Gasteiger partial charge in [-0.1, -0.05) is 0 Å². The molecule has 1 aliphatic heterocycles. The predicted molar refractivity (Wildman–Crippen MR) is 138 cm³/mol. The van der Waals surface area contributed by atoms with E-state index in [1.54, 1.807) is 6.92 Å². The van der Waals surface area contributed by atoms with Crippen LogP contribution in [0.2, 0.25) is 0 Å². The lowest BCUT2D eigenvalue weighted by molar-refractivity contribution is 0.0526. The largest absolute Gasteiger partial charge is 0.462 e. The molecule has 0 saturated carbocycles. The number of fused-ring (bicyclic) bond motifs is 1. The van der Waals surface area contributed by atoms with Gasteiger partial charge in [0.15, 0.2) is 0 Å². The Morgan fingerprint density at radius 3 is 2.39 bits per heavy atom. The molecule has 0 unspecified atom stereocenters. The van der Waals surface area contributed by atoms with Crippen LogP contribution in [0, 0.1) is 5.82 Å². The molecule has 0 spiro atoms. The molecule has 0 bridgehead atoms. The maximum absolute atomic E-state index is 13.1. The van der Waals surface area contributed by atoms with E-state index in [-0.39, 0.29) is 34.9 Å². The first kappa shape index (κ1) is 27.1. The summed E-state index contributed by atoms with van der Waals surface area (Å²) in [6.07, 6.45) is -0.0872. The van der Waals surface area contributed by atoms with Gasteiger partial charge in [-0.2, -0.15) is 0 Å². The van der Waals surface area contributed by atoms with E-state index in [9.17, 15) is 27.2 Å². The second kappa shape index (κ2) is 11.2. The summed E-state index contributed by atoms with van der Waals surface area (Å²) in [6, 6.07) is 10.1. The fourth-order valence-electron chi connectivity index (χ4n) is 3.89. The molecule has 38 heavy (non-hydrogen) atoms. The third-order valence-corrected chi connectivity index (χ3v) is 8.25. The molecule has 10 nitrogen and oxygen atoms in total. The molecule has 0 radical (unpaired) electrons. The van der Waals surface area contributed by atoms with Gasteiger partial charge in [-0.05, 0) is 67.4 Å². The second-order valence-corrected chi connectivity index (χ2v) is 10.9. The van der Waals surface area contributed by atoms with E-state index in [0.29, 0.717) is 18.0 Å². The van der Waals surface area contributed by atoms with E-state index in [1.165, 1.54) is 47.6 Å². The van der Waals surface area contributed by atoms with Gasteiger partial charge < -0.3 is 19.7 Å². The minimum absolute atomic E-state index is 0.111. The molecule has 2 aromatic carbocycles. The lowest BCUT2D eigenvalue weighted by Gasteiger charge is -2.25. The third kappa shape index (κ3) is 5.78. The lowest BCUT2D eigenvalue weighted by atomic mass is 10.0. The van der Waals surface area contributed by atoms with Crippen LogP contribution in [0.25, 0.3) is 0 Å². The summed E-state index contributed by atoms with van der Waals surface area (Å²) in [6.45, 7) is 2.42. The van der Waals surface area contributed by atoms with Crippen molar-refractivity contribution < 1.29 is 36.7 Å². The van der Waals surface area contributed by atoms with Crippen LogP contribution in [0.4, 0.5) is 19.9 Å². The molecule has 2 N–H and O–H groups in total. The van der Waals surface area contributed by atoms with Crippen molar-refractivity contribution in [2.24, 2.45) is 0 Å². The minimum Gasteiger partial charge on any atom is -0.462 e. The Morgan fingerprint density at radius 2 is 1.76 bits per heavy atom. The van der Waals surface area contributed by atoms with Gasteiger partial charge in [0.1, 0.15) is 10.8 Å². The van der Waals surface area contributed by atoms with Crippen LogP contribution in [-0.2, 0) is 32.5 Å². The Hall–Kier alpha value is -3.97. The fourth-order valence-corrected chi connectivity index (χ4v) is 6.19. The van der Waals surface area contributed by atoms with Crippen molar-refractivity contribution in [3.8, 4) is 0 Å². The van der Waals surface area contributed by atoms with Crippen molar-refractivity contribution in [3.63, 3.8) is 0 Å². The zero-order valence-corrected chi connectivity index (χ0v) is 22.1. The SMILES string of the molecule is CCOC(=O)c1c(NC(=O)c2ccc(NS(=O)(=O)c3ccc(F)cc3)cc2)sc2c1CCN(C(=O)OC)C2. The zero-order chi connectivity index (χ0) is 27.4. The molecule has 4 rings (SSSR count). The van der Waals surface area contributed by atoms with Gasteiger partial charge in [-0.3, -0.25) is 9.52 Å². The summed E-state index contributed by atoms with van der Waals surface area (Å²) in [5.74, 6) is -1.65. The highest BCUT2D eigenvalue weighted by atomic mass is 32.2. The van der Waals surface area contributed by atoms with E-state index < -0.39 is 33.8 Å². The van der Waals surface area contributed by atoms with Crippen molar-refractivity contribution in [2.75, 3.05) is 30.3 Å². The molecule has 0 atom stereocenters. The highest BCUT2D eigenvalue weighted by molar-refractivity contribution is 7.92. The number of rotatable bonds is 7. The molecule has 1 aliphatic rings. The summed E-state index contributed by atoms with van der Waals surface area (Å²) in [4.78, 5) is 39.9. The van der Waals surface area contributed by atoms with E-state index in [4.69, 9.17) is 9.47 Å². The summed E-state index contributed by atoms with van der Waals surface area (Å²) in [5.41, 5.74) is 1.39. The number of carbonyl (C=O) groups excluding carboxylic acids is 3. The molecule has 3 aromatic rings. The summed E-state index contributed by atoms with van der Waals surface area (Å²) in [5, 5.41) is 3.05. The molecule has 1 aromatic heterocycles. The predicted octanol–water partition coefficient (Wildman–Crippen LogP) is 4.24. The number of esters is 1. The molecule has 200 valence electrons. The first-order chi connectivity index (χ1) is 18.1. The van der Waals surface area contributed by atoms with Crippen LogP contribution in [0.3, 0.4) is 0 Å². The average Bonchev–Trinajstić information content (AvgIpc) is 3.25. The number of benzene rings is 2. The Labute approximate surface area is 222 Å². The zero-order valence-electron chi connectivity index (χ0n) is 20.4. The van der Waals surface area contributed by atoms with Crippen LogP contribution < -0.4 is 10.0 Å². The van der Waals surface area contributed by atoms with E-state index in [1.807, 2.05) is 0 Å². The quantitative estimate of drug-likeness (QED) is 0.413. The summed E-state index contributed by atoms with van der Waals surface area (Å²) >= 11 is 1.18. The second-order valence-electron chi connectivity index (χ2n) is 8.16. The number of nitrogens with one attached hydrogen (secondary N) is 2. The van der Waals surface area contributed by atoms with Crippen LogP contribution in [0.1, 0.15) is 38.1 Å². The number of halogens is 1. The lowest BCUT2D eigenvalue weighted by Crippen LogP contribution is -2.35. The molecule has 2 amide bonds. The van der Waals surface area contributed by atoms with Gasteiger partial charge in [0, 0.05) is 22.7 Å². The summed E-state index contributed by atoms with van der Waals surface area (Å²) in [7, 11) is -2.66. The number of carbonyl (C=O) groups is 3. The number of amides is 2. The van der Waals surface area contributed by atoms with Crippen molar-refractivity contribution >= 4 is 50.0 Å². The minimum atomic E-state index is -3.95. The smallest absolute Gasteiger partial charge is 0.409 e. The molecule has 13 heteroatoms. The van der Waals surface area contributed by atoms with Crippen molar-refractivity contribution in [1.29, 1.82) is 0 Å². The molecule has 0 aliphatic carbocycles. The number of ether oxygens (including phenoxy) is 2. The Bertz CT molecular complexity index is 1470. The maximum Gasteiger partial charge on any atom is 0.409 e. The monoisotopic (exact) mass is 561 g/mol. The third-order valence-electron chi connectivity index (χ3n) is 5.72. The van der Waals surface area contributed by atoms with E-state index in [2.05, 4.69) is 10.0 Å². The molecule has 2 heterocycles. The standard InChI is InChI=1S/C25H24FN3O7S2/c1-3-36-24(31)21-19-12-13-29(25(32)35-2)14-20(19)37-23(21)27-22(30)15-4-8-17(9-5-15)28-38(33,34)18-10-6-16(26)7-11-18/h4-11,28H,3,12-14H2,1-2H3,(H,27,30). The number of anilines is 2. The van der Waals surface area contributed by atoms with Gasteiger partial charge in [-0.15, -0.1) is 11.3 Å². The van der Waals surface area contributed by atoms with Crippen LogP contribution in [0.15, 0.2) is 53.4 Å². The van der Waals surface area contributed by atoms with Crippen molar-refractivity contribution in [3.05, 3.63) is 75.9 Å². The maximum atomic E-state index is 13.1. The Morgan fingerprint density at radius 1 is 1.08 bits per heavy atom. The van der Waals surface area contributed by atoms with Crippen LogP contribution in [0.5, 0.6) is 0 Å². The first-order valence-corrected chi connectivity index (χ1v) is 13.8.